The van der Waals surface area contributed by atoms with Crippen molar-refractivity contribution >= 4 is 23.3 Å². The summed E-state index contributed by atoms with van der Waals surface area (Å²) < 4.78 is 0. The van der Waals surface area contributed by atoms with Crippen molar-refractivity contribution in [3.8, 4) is 0 Å². The molecule has 2 aromatic rings. The average Bonchev–Trinajstić information content (AvgIpc) is 3.01. The fraction of sp³-hybridized carbons (Fsp3) is 0.263. The topological polar surface area (TPSA) is 101 Å². The van der Waals surface area contributed by atoms with E-state index < -0.39 is 10.9 Å². The molecule has 0 saturated carbocycles. The summed E-state index contributed by atoms with van der Waals surface area (Å²) in [5.74, 6) is -1.19. The van der Waals surface area contributed by atoms with Crippen molar-refractivity contribution < 1.29 is 19.6 Å². The molecule has 1 amide bonds. The van der Waals surface area contributed by atoms with Crippen LogP contribution in [0.3, 0.4) is 0 Å². The number of benzene rings is 2. The minimum atomic E-state index is -1.02. The van der Waals surface area contributed by atoms with Crippen molar-refractivity contribution in [2.45, 2.75) is 26.2 Å². The van der Waals surface area contributed by atoms with Gasteiger partial charge in [-0.3, -0.25) is 14.9 Å². The summed E-state index contributed by atoms with van der Waals surface area (Å²) in [6.07, 6.45) is 1.11. The highest BCUT2D eigenvalue weighted by Crippen LogP contribution is 2.34. The molecule has 0 radical (unpaired) electrons. The van der Waals surface area contributed by atoms with E-state index in [0.717, 1.165) is 5.56 Å². The van der Waals surface area contributed by atoms with Crippen LogP contribution < -0.4 is 4.90 Å². The van der Waals surface area contributed by atoms with Gasteiger partial charge in [-0.15, -0.1) is 0 Å². The first kappa shape index (κ1) is 17.6. The number of nitro benzene ring substituents is 1. The Morgan fingerprint density at radius 1 is 1.27 bits per heavy atom. The first-order chi connectivity index (χ1) is 12.4. The zero-order valence-electron chi connectivity index (χ0n) is 14.3. The van der Waals surface area contributed by atoms with E-state index in [9.17, 15) is 24.8 Å². The maximum Gasteiger partial charge on any atom is 0.335 e. The standard InChI is InChI=1S/C19H18N2O5/c1-12-10-14-8-9-20(17(14)11-16(12)21(25)26)18(22)7-6-13-4-2-3-5-15(13)19(23)24/h2-5,10-11H,6-9H2,1H3,(H,23,24). The lowest BCUT2D eigenvalue weighted by atomic mass is 10.0. The number of hydrogen-bond acceptors (Lipinski definition) is 4. The van der Waals surface area contributed by atoms with Crippen LogP contribution in [0.4, 0.5) is 11.4 Å². The Labute approximate surface area is 150 Å². The number of nitrogens with zero attached hydrogens (tertiary/aromatic N) is 2. The lowest BCUT2D eigenvalue weighted by Crippen LogP contribution is -2.29. The summed E-state index contributed by atoms with van der Waals surface area (Å²) >= 11 is 0. The van der Waals surface area contributed by atoms with E-state index in [1.165, 1.54) is 12.1 Å². The predicted molar refractivity (Wildman–Crippen MR) is 95.6 cm³/mol. The van der Waals surface area contributed by atoms with Gasteiger partial charge in [0, 0.05) is 24.6 Å². The van der Waals surface area contributed by atoms with Gasteiger partial charge in [0.25, 0.3) is 5.69 Å². The number of rotatable bonds is 5. The number of carbonyl (C=O) groups is 2. The zero-order chi connectivity index (χ0) is 18.8. The van der Waals surface area contributed by atoms with E-state index in [0.29, 0.717) is 36.2 Å². The van der Waals surface area contributed by atoms with E-state index in [-0.39, 0.29) is 23.6 Å². The van der Waals surface area contributed by atoms with Crippen LogP contribution in [0.1, 0.15) is 33.5 Å². The van der Waals surface area contributed by atoms with Crippen LogP contribution in [0.15, 0.2) is 36.4 Å². The monoisotopic (exact) mass is 354 g/mol. The molecule has 0 atom stereocenters. The Bertz CT molecular complexity index is 907. The highest BCUT2D eigenvalue weighted by Gasteiger charge is 2.28. The van der Waals surface area contributed by atoms with Crippen molar-refractivity contribution in [2.75, 3.05) is 11.4 Å². The molecule has 0 aromatic heterocycles. The molecule has 1 heterocycles. The second-order valence-corrected chi connectivity index (χ2v) is 6.28. The predicted octanol–water partition coefficient (Wildman–Crippen LogP) is 3.12. The number of carboxylic acid groups (broad SMARTS) is 1. The molecule has 7 heteroatoms. The highest BCUT2D eigenvalue weighted by atomic mass is 16.6. The Morgan fingerprint density at radius 2 is 2.00 bits per heavy atom. The Morgan fingerprint density at radius 3 is 2.69 bits per heavy atom. The number of aryl methyl sites for hydroxylation is 2. The fourth-order valence-corrected chi connectivity index (χ4v) is 3.33. The molecule has 0 bridgehead atoms. The van der Waals surface area contributed by atoms with Gasteiger partial charge in [-0.1, -0.05) is 18.2 Å². The van der Waals surface area contributed by atoms with Gasteiger partial charge in [-0.25, -0.2) is 4.79 Å². The van der Waals surface area contributed by atoms with Crippen molar-refractivity contribution in [2.24, 2.45) is 0 Å². The van der Waals surface area contributed by atoms with Crippen LogP contribution in [-0.2, 0) is 17.6 Å². The van der Waals surface area contributed by atoms with Crippen LogP contribution in [0.2, 0.25) is 0 Å². The number of hydrogen-bond donors (Lipinski definition) is 1. The molecule has 26 heavy (non-hydrogen) atoms. The Kier molecular flexibility index (Phi) is 4.71. The first-order valence-electron chi connectivity index (χ1n) is 8.28. The molecule has 1 N–H and O–H groups in total. The number of aromatic carboxylic acids is 1. The zero-order valence-corrected chi connectivity index (χ0v) is 14.3. The second kappa shape index (κ2) is 6.95. The molecule has 0 unspecified atom stereocenters. The van der Waals surface area contributed by atoms with Crippen LogP contribution in [0, 0.1) is 17.0 Å². The molecule has 7 nitrogen and oxygen atoms in total. The minimum Gasteiger partial charge on any atom is -0.478 e. The summed E-state index contributed by atoms with van der Waals surface area (Å²) in [5.41, 5.74) is 2.88. The van der Waals surface area contributed by atoms with Crippen molar-refractivity contribution in [3.63, 3.8) is 0 Å². The molecule has 0 aliphatic carbocycles. The van der Waals surface area contributed by atoms with E-state index in [4.69, 9.17) is 0 Å². The maximum absolute atomic E-state index is 12.6. The largest absolute Gasteiger partial charge is 0.478 e. The molecule has 3 rings (SSSR count). The van der Waals surface area contributed by atoms with Crippen LogP contribution in [-0.4, -0.2) is 28.5 Å². The normalized spacial score (nSPS) is 12.7. The molecule has 1 aliphatic heterocycles. The first-order valence-corrected chi connectivity index (χ1v) is 8.28. The smallest absolute Gasteiger partial charge is 0.335 e. The van der Waals surface area contributed by atoms with E-state index in [2.05, 4.69) is 0 Å². The summed E-state index contributed by atoms with van der Waals surface area (Å²) in [7, 11) is 0. The highest BCUT2D eigenvalue weighted by molar-refractivity contribution is 5.96. The maximum atomic E-state index is 12.6. The van der Waals surface area contributed by atoms with Crippen LogP contribution in [0.25, 0.3) is 0 Å². The number of carboxylic acids is 1. The van der Waals surface area contributed by atoms with Gasteiger partial charge >= 0.3 is 5.97 Å². The number of anilines is 1. The third-order valence-corrected chi connectivity index (χ3v) is 4.65. The number of carbonyl (C=O) groups excluding carboxylic acids is 1. The number of nitro groups is 1. The molecule has 0 spiro atoms. The second-order valence-electron chi connectivity index (χ2n) is 6.28. The van der Waals surface area contributed by atoms with Gasteiger partial charge in [-0.05, 0) is 43.0 Å². The molecule has 1 aliphatic rings. The Balaban J connectivity index is 1.79. The van der Waals surface area contributed by atoms with Gasteiger partial charge in [0.2, 0.25) is 5.91 Å². The summed E-state index contributed by atoms with van der Waals surface area (Å²) in [5, 5.41) is 20.4. The van der Waals surface area contributed by atoms with Gasteiger partial charge in [0.05, 0.1) is 16.2 Å². The molecule has 134 valence electrons. The number of fused-ring (bicyclic) bond motifs is 1. The van der Waals surface area contributed by atoms with Gasteiger partial charge in [-0.2, -0.15) is 0 Å². The molecule has 0 fully saturated rings. The van der Waals surface area contributed by atoms with E-state index in [1.54, 1.807) is 36.1 Å². The quantitative estimate of drug-likeness (QED) is 0.657. The van der Waals surface area contributed by atoms with Crippen molar-refractivity contribution in [1.29, 1.82) is 0 Å². The van der Waals surface area contributed by atoms with Crippen molar-refractivity contribution in [3.05, 3.63) is 68.8 Å². The van der Waals surface area contributed by atoms with E-state index in [1.807, 2.05) is 0 Å². The third kappa shape index (κ3) is 3.28. The van der Waals surface area contributed by atoms with Crippen LogP contribution in [0.5, 0.6) is 0 Å². The molecular weight excluding hydrogens is 336 g/mol. The van der Waals surface area contributed by atoms with Crippen LogP contribution >= 0.6 is 0 Å². The van der Waals surface area contributed by atoms with Gasteiger partial charge in [0.15, 0.2) is 0 Å². The third-order valence-electron chi connectivity index (χ3n) is 4.65. The van der Waals surface area contributed by atoms with Gasteiger partial charge in [0.1, 0.15) is 0 Å². The average molecular weight is 354 g/mol. The van der Waals surface area contributed by atoms with E-state index >= 15 is 0 Å². The Hall–Kier alpha value is -3.22. The summed E-state index contributed by atoms with van der Waals surface area (Å²) in [4.78, 5) is 36.2. The fourth-order valence-electron chi connectivity index (χ4n) is 3.33. The lowest BCUT2D eigenvalue weighted by molar-refractivity contribution is -0.385. The molecule has 2 aromatic carbocycles. The molecule has 0 saturated heterocycles. The SMILES string of the molecule is Cc1cc2c(cc1[N+](=O)[O-])N(C(=O)CCc1ccccc1C(=O)O)CC2. The lowest BCUT2D eigenvalue weighted by Gasteiger charge is -2.18. The summed E-state index contributed by atoms with van der Waals surface area (Å²) in [6, 6.07) is 9.82. The van der Waals surface area contributed by atoms with Gasteiger partial charge < -0.3 is 10.0 Å². The minimum absolute atomic E-state index is 0.000303. The number of amides is 1. The summed E-state index contributed by atoms with van der Waals surface area (Å²) in [6.45, 7) is 2.17. The molecular formula is C19H18N2O5. The van der Waals surface area contributed by atoms with Crippen molar-refractivity contribution in [1.82, 2.24) is 0 Å².